The predicted octanol–water partition coefficient (Wildman–Crippen LogP) is 5.07. The minimum Gasteiger partial charge on any atom is -0.308 e. The zero-order chi connectivity index (χ0) is 15.1. The lowest BCUT2D eigenvalue weighted by Gasteiger charge is -2.30. The van der Waals surface area contributed by atoms with E-state index in [0.29, 0.717) is 6.04 Å². The third-order valence-electron chi connectivity index (χ3n) is 4.66. The molecule has 1 aromatic heterocycles. The molecule has 0 saturated heterocycles. The number of nitrogens with zero attached hydrogens (tertiary/aromatic N) is 2. The molecule has 2 rings (SSSR count). The number of rotatable bonds is 6. The summed E-state index contributed by atoms with van der Waals surface area (Å²) in [5, 5.41) is 8.34. The van der Waals surface area contributed by atoms with Crippen molar-refractivity contribution in [2.24, 2.45) is 5.92 Å². The summed E-state index contributed by atoms with van der Waals surface area (Å²) < 4.78 is 3.33. The summed E-state index contributed by atoms with van der Waals surface area (Å²) in [5.74, 6) is 0.746. The molecule has 1 heterocycles. The van der Waals surface area contributed by atoms with Crippen molar-refractivity contribution in [1.29, 1.82) is 0 Å². The maximum absolute atomic E-state index is 4.53. The molecule has 1 N–H and O–H groups in total. The highest BCUT2D eigenvalue weighted by molar-refractivity contribution is 9.10. The summed E-state index contributed by atoms with van der Waals surface area (Å²) in [6, 6.07) is 0.444. The van der Waals surface area contributed by atoms with E-state index in [4.69, 9.17) is 0 Å². The number of aryl methyl sites for hydroxylation is 1. The van der Waals surface area contributed by atoms with Crippen LogP contribution in [0.3, 0.4) is 0 Å². The average molecular weight is 356 g/mol. The van der Waals surface area contributed by atoms with Crippen LogP contribution in [0.25, 0.3) is 0 Å². The Hall–Kier alpha value is -0.350. The Morgan fingerprint density at radius 3 is 2.52 bits per heavy atom. The van der Waals surface area contributed by atoms with Crippen molar-refractivity contribution < 1.29 is 0 Å². The molecule has 0 bridgehead atoms. The molecule has 4 heteroatoms. The fourth-order valence-electron chi connectivity index (χ4n) is 3.54. The third kappa shape index (κ3) is 4.56. The molecule has 0 aliphatic heterocycles. The molecule has 1 aliphatic carbocycles. The SMILES string of the molecule is CCCNC(c1c(Br)cnn1CC)C1CCCCCCC1. The highest BCUT2D eigenvalue weighted by Crippen LogP contribution is 2.36. The van der Waals surface area contributed by atoms with Crippen LogP contribution < -0.4 is 5.32 Å². The van der Waals surface area contributed by atoms with Gasteiger partial charge in [-0.25, -0.2) is 0 Å². The van der Waals surface area contributed by atoms with Crippen LogP contribution in [-0.2, 0) is 6.54 Å². The Bertz CT molecular complexity index is 408. The van der Waals surface area contributed by atoms with Crippen LogP contribution in [0, 0.1) is 5.92 Å². The van der Waals surface area contributed by atoms with Crippen LogP contribution >= 0.6 is 15.9 Å². The second kappa shape index (κ2) is 8.94. The lowest BCUT2D eigenvalue weighted by Crippen LogP contribution is -2.32. The number of hydrogen-bond acceptors (Lipinski definition) is 2. The summed E-state index contributed by atoms with van der Waals surface area (Å²) >= 11 is 3.73. The Morgan fingerprint density at radius 1 is 1.24 bits per heavy atom. The average Bonchev–Trinajstić information content (AvgIpc) is 2.82. The Labute approximate surface area is 138 Å². The molecule has 1 unspecified atom stereocenters. The molecule has 1 aromatic rings. The molecule has 1 saturated carbocycles. The first-order chi connectivity index (χ1) is 10.3. The molecule has 1 atom stereocenters. The van der Waals surface area contributed by atoms with Crippen LogP contribution in [0.4, 0.5) is 0 Å². The van der Waals surface area contributed by atoms with E-state index >= 15 is 0 Å². The van der Waals surface area contributed by atoms with Crippen LogP contribution in [0.2, 0.25) is 0 Å². The number of halogens is 1. The number of nitrogens with one attached hydrogen (secondary N) is 1. The molecule has 1 aliphatic rings. The maximum Gasteiger partial charge on any atom is 0.0698 e. The van der Waals surface area contributed by atoms with E-state index in [2.05, 4.69) is 44.9 Å². The number of aromatic nitrogens is 2. The minimum absolute atomic E-state index is 0.444. The monoisotopic (exact) mass is 355 g/mol. The second-order valence-electron chi connectivity index (χ2n) is 6.23. The smallest absolute Gasteiger partial charge is 0.0698 e. The fraction of sp³-hybridized carbons (Fsp3) is 0.824. The first-order valence-electron chi connectivity index (χ1n) is 8.72. The number of hydrogen-bond donors (Lipinski definition) is 1. The van der Waals surface area contributed by atoms with Gasteiger partial charge in [0.25, 0.3) is 0 Å². The maximum atomic E-state index is 4.53. The van der Waals surface area contributed by atoms with Gasteiger partial charge in [0.2, 0.25) is 0 Å². The van der Waals surface area contributed by atoms with Gasteiger partial charge in [0.1, 0.15) is 0 Å². The van der Waals surface area contributed by atoms with Crippen molar-refractivity contribution in [1.82, 2.24) is 15.1 Å². The first-order valence-corrected chi connectivity index (χ1v) is 9.51. The van der Waals surface area contributed by atoms with Gasteiger partial charge in [-0.05, 0) is 54.6 Å². The van der Waals surface area contributed by atoms with Crippen molar-refractivity contribution in [3.8, 4) is 0 Å². The first kappa shape index (κ1) is 17.0. The summed E-state index contributed by atoms with van der Waals surface area (Å²) in [7, 11) is 0. The predicted molar refractivity (Wildman–Crippen MR) is 92.4 cm³/mol. The van der Waals surface area contributed by atoms with Crippen molar-refractivity contribution in [2.45, 2.75) is 77.8 Å². The highest BCUT2D eigenvalue weighted by Gasteiger charge is 2.27. The van der Waals surface area contributed by atoms with Crippen molar-refractivity contribution in [3.05, 3.63) is 16.4 Å². The van der Waals surface area contributed by atoms with Crippen LogP contribution in [0.5, 0.6) is 0 Å². The summed E-state index contributed by atoms with van der Waals surface area (Å²) in [6.07, 6.45) is 12.8. The normalized spacial score (nSPS) is 19.2. The molecule has 0 radical (unpaired) electrons. The van der Waals surface area contributed by atoms with Crippen LogP contribution in [0.1, 0.15) is 76.9 Å². The zero-order valence-corrected chi connectivity index (χ0v) is 15.2. The highest BCUT2D eigenvalue weighted by atomic mass is 79.9. The van der Waals surface area contributed by atoms with E-state index in [0.717, 1.165) is 19.0 Å². The quantitative estimate of drug-likeness (QED) is 0.771. The van der Waals surface area contributed by atoms with Gasteiger partial charge in [0.05, 0.1) is 22.4 Å². The lowest BCUT2D eigenvalue weighted by atomic mass is 9.84. The summed E-state index contributed by atoms with van der Waals surface area (Å²) in [6.45, 7) is 6.45. The van der Waals surface area contributed by atoms with E-state index in [-0.39, 0.29) is 0 Å². The molecule has 1 fully saturated rings. The molecule has 0 aromatic carbocycles. The standard InChI is InChI=1S/C17H30BrN3/c1-3-12-19-16(14-10-8-6-5-7-9-11-14)17-15(18)13-20-21(17)4-2/h13-14,16,19H,3-12H2,1-2H3. The van der Waals surface area contributed by atoms with E-state index < -0.39 is 0 Å². The summed E-state index contributed by atoms with van der Waals surface area (Å²) in [5.41, 5.74) is 1.36. The molecular weight excluding hydrogens is 326 g/mol. The van der Waals surface area contributed by atoms with Gasteiger partial charge >= 0.3 is 0 Å². The van der Waals surface area contributed by atoms with Gasteiger partial charge in [-0.1, -0.05) is 39.0 Å². The third-order valence-corrected chi connectivity index (χ3v) is 5.27. The second-order valence-corrected chi connectivity index (χ2v) is 7.08. The molecule has 21 heavy (non-hydrogen) atoms. The Balaban J connectivity index is 2.21. The van der Waals surface area contributed by atoms with Gasteiger partial charge in [-0.2, -0.15) is 5.10 Å². The van der Waals surface area contributed by atoms with Crippen molar-refractivity contribution in [3.63, 3.8) is 0 Å². The minimum atomic E-state index is 0.444. The molecule has 3 nitrogen and oxygen atoms in total. The van der Waals surface area contributed by atoms with Crippen LogP contribution in [0.15, 0.2) is 10.7 Å². The van der Waals surface area contributed by atoms with Crippen LogP contribution in [-0.4, -0.2) is 16.3 Å². The van der Waals surface area contributed by atoms with Gasteiger partial charge in [-0.15, -0.1) is 0 Å². The summed E-state index contributed by atoms with van der Waals surface area (Å²) in [4.78, 5) is 0. The van der Waals surface area contributed by atoms with Gasteiger partial charge < -0.3 is 5.32 Å². The molecule has 120 valence electrons. The van der Waals surface area contributed by atoms with Crippen molar-refractivity contribution in [2.75, 3.05) is 6.54 Å². The Kier molecular flexibility index (Phi) is 7.24. The van der Waals surface area contributed by atoms with Crippen molar-refractivity contribution >= 4 is 15.9 Å². The zero-order valence-electron chi connectivity index (χ0n) is 13.6. The fourth-order valence-corrected chi connectivity index (χ4v) is 4.08. The van der Waals surface area contributed by atoms with E-state index in [1.165, 1.54) is 61.5 Å². The topological polar surface area (TPSA) is 29.9 Å². The van der Waals surface area contributed by atoms with Gasteiger partial charge in [-0.3, -0.25) is 4.68 Å². The van der Waals surface area contributed by atoms with Gasteiger partial charge in [0, 0.05) is 6.54 Å². The lowest BCUT2D eigenvalue weighted by molar-refractivity contribution is 0.276. The molecular formula is C17H30BrN3. The van der Waals surface area contributed by atoms with E-state index in [9.17, 15) is 0 Å². The van der Waals surface area contributed by atoms with E-state index in [1.807, 2.05) is 6.20 Å². The molecule has 0 amide bonds. The Morgan fingerprint density at radius 2 is 1.90 bits per heavy atom. The largest absolute Gasteiger partial charge is 0.308 e. The van der Waals surface area contributed by atoms with E-state index in [1.54, 1.807) is 0 Å². The van der Waals surface area contributed by atoms with Gasteiger partial charge in [0.15, 0.2) is 0 Å². The molecule has 0 spiro atoms.